The Morgan fingerprint density at radius 2 is 1.89 bits per heavy atom. The van der Waals surface area contributed by atoms with Gasteiger partial charge in [-0.2, -0.15) is 0 Å². The Balaban J connectivity index is 1.87. The van der Waals surface area contributed by atoms with Crippen molar-refractivity contribution in [3.05, 3.63) is 63.7 Å². The molecule has 1 aromatic heterocycles. The Hall–Kier alpha value is -1.43. The van der Waals surface area contributed by atoms with Crippen molar-refractivity contribution < 1.29 is 8.42 Å². The molecule has 1 aromatic carbocycles. The standard InChI is InChI=1S/C14H15NO2S2/c16-19(17,12-9-13-5-2-1-3-6-13)15-10-8-14-7-4-11-18-14/h1-7,9,11-12,15H,8,10H2/b12-9+. The number of hydrogen-bond acceptors (Lipinski definition) is 3. The lowest BCUT2D eigenvalue weighted by Crippen LogP contribution is -2.23. The van der Waals surface area contributed by atoms with Crippen LogP contribution in [0.15, 0.2) is 53.3 Å². The van der Waals surface area contributed by atoms with Gasteiger partial charge in [0.05, 0.1) is 0 Å². The van der Waals surface area contributed by atoms with E-state index in [0.29, 0.717) is 6.54 Å². The smallest absolute Gasteiger partial charge is 0.211 e. The molecule has 0 bridgehead atoms. The normalized spacial score (nSPS) is 12.0. The lowest BCUT2D eigenvalue weighted by Gasteiger charge is -2.01. The Labute approximate surface area is 117 Å². The highest BCUT2D eigenvalue weighted by Gasteiger charge is 2.04. The third-order valence-electron chi connectivity index (χ3n) is 2.49. The van der Waals surface area contributed by atoms with E-state index >= 15 is 0 Å². The van der Waals surface area contributed by atoms with Crippen LogP contribution in [0.2, 0.25) is 0 Å². The molecule has 0 radical (unpaired) electrons. The van der Waals surface area contributed by atoms with E-state index in [1.54, 1.807) is 17.4 Å². The second-order valence-electron chi connectivity index (χ2n) is 3.98. The molecule has 1 heterocycles. The molecule has 19 heavy (non-hydrogen) atoms. The van der Waals surface area contributed by atoms with Crippen molar-refractivity contribution in [2.24, 2.45) is 0 Å². The van der Waals surface area contributed by atoms with E-state index in [4.69, 9.17) is 0 Å². The first-order valence-electron chi connectivity index (χ1n) is 5.91. The highest BCUT2D eigenvalue weighted by molar-refractivity contribution is 7.92. The number of sulfonamides is 1. The second kappa shape index (κ2) is 6.65. The SMILES string of the molecule is O=S(=O)(/C=C/c1ccccc1)NCCc1cccs1. The van der Waals surface area contributed by atoms with Gasteiger partial charge < -0.3 is 0 Å². The monoisotopic (exact) mass is 293 g/mol. The van der Waals surface area contributed by atoms with Crippen LogP contribution in [0.5, 0.6) is 0 Å². The van der Waals surface area contributed by atoms with Crippen molar-refractivity contribution >= 4 is 27.4 Å². The first-order valence-corrected chi connectivity index (χ1v) is 8.33. The first kappa shape index (κ1) is 14.0. The van der Waals surface area contributed by atoms with E-state index in [1.807, 2.05) is 47.8 Å². The Bertz CT molecular complexity index is 617. The maximum atomic E-state index is 11.7. The van der Waals surface area contributed by atoms with Gasteiger partial charge in [0.15, 0.2) is 0 Å². The highest BCUT2D eigenvalue weighted by Crippen LogP contribution is 2.08. The van der Waals surface area contributed by atoms with Gasteiger partial charge in [0.2, 0.25) is 10.0 Å². The van der Waals surface area contributed by atoms with E-state index in [0.717, 1.165) is 12.0 Å². The minimum Gasteiger partial charge on any atom is -0.211 e. The number of nitrogens with one attached hydrogen (secondary N) is 1. The molecule has 0 saturated heterocycles. The van der Waals surface area contributed by atoms with Crippen LogP contribution >= 0.6 is 11.3 Å². The van der Waals surface area contributed by atoms with Crippen LogP contribution in [0.25, 0.3) is 6.08 Å². The summed E-state index contributed by atoms with van der Waals surface area (Å²) in [5.74, 6) is 0. The van der Waals surface area contributed by atoms with Gasteiger partial charge in [-0.25, -0.2) is 13.1 Å². The van der Waals surface area contributed by atoms with Crippen molar-refractivity contribution in [2.45, 2.75) is 6.42 Å². The average molecular weight is 293 g/mol. The topological polar surface area (TPSA) is 46.2 Å². The number of hydrogen-bond donors (Lipinski definition) is 1. The third-order valence-corrected chi connectivity index (χ3v) is 4.53. The van der Waals surface area contributed by atoms with E-state index in [1.165, 1.54) is 10.3 Å². The fourth-order valence-electron chi connectivity index (χ4n) is 1.55. The Morgan fingerprint density at radius 1 is 1.11 bits per heavy atom. The summed E-state index contributed by atoms with van der Waals surface area (Å²) >= 11 is 1.63. The van der Waals surface area contributed by atoms with E-state index in [9.17, 15) is 8.42 Å². The number of rotatable bonds is 6. The summed E-state index contributed by atoms with van der Waals surface area (Å²) in [6.07, 6.45) is 2.31. The van der Waals surface area contributed by atoms with Crippen molar-refractivity contribution in [1.82, 2.24) is 4.72 Å². The molecule has 0 fully saturated rings. The summed E-state index contributed by atoms with van der Waals surface area (Å²) in [6.45, 7) is 0.419. The van der Waals surface area contributed by atoms with Crippen molar-refractivity contribution in [2.75, 3.05) is 6.54 Å². The predicted molar refractivity (Wildman–Crippen MR) is 80.4 cm³/mol. The molecule has 0 spiro atoms. The average Bonchev–Trinajstić information content (AvgIpc) is 2.91. The Kier molecular flexibility index (Phi) is 4.90. The summed E-state index contributed by atoms with van der Waals surface area (Å²) in [7, 11) is -3.36. The van der Waals surface area contributed by atoms with Crippen LogP contribution in [0.3, 0.4) is 0 Å². The van der Waals surface area contributed by atoms with Crippen LogP contribution in [0, 0.1) is 0 Å². The summed E-state index contributed by atoms with van der Waals surface area (Å²) < 4.78 is 26.0. The summed E-state index contributed by atoms with van der Waals surface area (Å²) in [5, 5.41) is 3.19. The van der Waals surface area contributed by atoms with E-state index in [2.05, 4.69) is 4.72 Å². The lowest BCUT2D eigenvalue weighted by atomic mass is 10.2. The van der Waals surface area contributed by atoms with Crippen LogP contribution in [-0.2, 0) is 16.4 Å². The zero-order valence-corrected chi connectivity index (χ0v) is 12.0. The molecule has 0 amide bonds. The molecule has 3 nitrogen and oxygen atoms in total. The number of benzene rings is 1. The molecule has 0 aliphatic heterocycles. The quantitative estimate of drug-likeness (QED) is 0.890. The number of thiophene rings is 1. The molecule has 2 aromatic rings. The van der Waals surface area contributed by atoms with Gasteiger partial charge in [-0.3, -0.25) is 0 Å². The van der Waals surface area contributed by atoms with Crippen LogP contribution in [0.1, 0.15) is 10.4 Å². The van der Waals surface area contributed by atoms with Crippen molar-refractivity contribution in [1.29, 1.82) is 0 Å². The van der Waals surface area contributed by atoms with Gasteiger partial charge in [-0.15, -0.1) is 11.3 Å². The maximum Gasteiger partial charge on any atom is 0.233 e. The van der Waals surface area contributed by atoms with Crippen LogP contribution in [-0.4, -0.2) is 15.0 Å². The van der Waals surface area contributed by atoms with E-state index < -0.39 is 10.0 Å². The minimum absolute atomic E-state index is 0.419. The maximum absolute atomic E-state index is 11.7. The molecule has 0 aliphatic rings. The Morgan fingerprint density at radius 3 is 2.58 bits per heavy atom. The van der Waals surface area contributed by atoms with Gasteiger partial charge in [0.1, 0.15) is 0 Å². The summed E-state index contributed by atoms with van der Waals surface area (Å²) in [4.78, 5) is 1.18. The summed E-state index contributed by atoms with van der Waals surface area (Å²) in [5.41, 5.74) is 0.867. The first-order chi connectivity index (χ1) is 9.16. The molecular formula is C14H15NO2S2. The fraction of sp³-hybridized carbons (Fsp3) is 0.143. The molecule has 0 atom stereocenters. The molecule has 0 saturated carbocycles. The fourth-order valence-corrected chi connectivity index (χ4v) is 3.08. The third kappa shape index (κ3) is 4.98. The molecule has 0 unspecified atom stereocenters. The zero-order valence-electron chi connectivity index (χ0n) is 10.3. The van der Waals surface area contributed by atoms with Crippen LogP contribution < -0.4 is 4.72 Å². The van der Waals surface area contributed by atoms with Crippen molar-refractivity contribution in [3.8, 4) is 0 Å². The highest BCUT2D eigenvalue weighted by atomic mass is 32.2. The second-order valence-corrected chi connectivity index (χ2v) is 6.67. The van der Waals surface area contributed by atoms with Gasteiger partial charge in [-0.05, 0) is 29.5 Å². The van der Waals surface area contributed by atoms with Gasteiger partial charge in [-0.1, -0.05) is 36.4 Å². The van der Waals surface area contributed by atoms with Crippen molar-refractivity contribution in [3.63, 3.8) is 0 Å². The molecule has 0 aliphatic carbocycles. The molecular weight excluding hydrogens is 278 g/mol. The van der Waals surface area contributed by atoms with Crippen LogP contribution in [0.4, 0.5) is 0 Å². The molecule has 1 N–H and O–H groups in total. The van der Waals surface area contributed by atoms with Gasteiger partial charge >= 0.3 is 0 Å². The van der Waals surface area contributed by atoms with Gasteiger partial charge in [0, 0.05) is 16.8 Å². The largest absolute Gasteiger partial charge is 0.233 e. The lowest BCUT2D eigenvalue weighted by molar-refractivity contribution is 0.591. The predicted octanol–water partition coefficient (Wildman–Crippen LogP) is 2.88. The molecule has 5 heteroatoms. The minimum atomic E-state index is -3.36. The molecule has 100 valence electrons. The van der Waals surface area contributed by atoms with E-state index in [-0.39, 0.29) is 0 Å². The summed E-state index contributed by atoms with van der Waals surface area (Å²) in [6, 6.07) is 13.3. The molecule has 2 rings (SSSR count). The van der Waals surface area contributed by atoms with Gasteiger partial charge in [0.25, 0.3) is 0 Å². The zero-order chi connectivity index (χ0) is 13.6.